The molecule has 130 valence electrons. The van der Waals surface area contributed by atoms with Gasteiger partial charge in [0.25, 0.3) is 0 Å². The molecule has 0 heterocycles. The average Bonchev–Trinajstić information content (AvgIpc) is 2.59. The van der Waals surface area contributed by atoms with Gasteiger partial charge < -0.3 is 15.2 Å². The summed E-state index contributed by atoms with van der Waals surface area (Å²) in [6.45, 7) is -0.0693. The van der Waals surface area contributed by atoms with Crippen molar-refractivity contribution in [2.24, 2.45) is 5.73 Å². The van der Waals surface area contributed by atoms with Crippen molar-refractivity contribution in [2.75, 3.05) is 20.8 Å². The number of methoxy groups -OCH3 is 2. The second-order valence-corrected chi connectivity index (χ2v) is 6.74. The highest BCUT2D eigenvalue weighted by molar-refractivity contribution is 7.89. The van der Waals surface area contributed by atoms with Crippen LogP contribution in [0.1, 0.15) is 11.6 Å². The Bertz CT molecular complexity index is 797. The van der Waals surface area contributed by atoms with Crippen molar-refractivity contribution < 1.29 is 22.3 Å². The molecule has 0 fully saturated rings. The van der Waals surface area contributed by atoms with Crippen LogP contribution in [0.4, 0.5) is 4.39 Å². The van der Waals surface area contributed by atoms with E-state index in [1.165, 1.54) is 14.2 Å². The van der Waals surface area contributed by atoms with Gasteiger partial charge in [-0.25, -0.2) is 17.5 Å². The van der Waals surface area contributed by atoms with Crippen molar-refractivity contribution in [1.82, 2.24) is 4.72 Å². The molecular weight excluding hydrogens is 335 g/mol. The maximum atomic E-state index is 14.1. The zero-order valence-electron chi connectivity index (χ0n) is 13.3. The molecule has 8 heteroatoms. The first-order valence-electron chi connectivity index (χ1n) is 7.10. The molecule has 24 heavy (non-hydrogen) atoms. The number of benzene rings is 2. The van der Waals surface area contributed by atoms with E-state index in [0.717, 1.165) is 17.7 Å². The molecule has 0 saturated heterocycles. The Morgan fingerprint density at radius 1 is 1.12 bits per heavy atom. The SMILES string of the molecule is COc1cc(F)c(S(=O)(=O)NCC(N)c2ccccc2)cc1OC. The van der Waals surface area contributed by atoms with Gasteiger partial charge in [0.05, 0.1) is 14.2 Å². The molecule has 0 aromatic heterocycles. The van der Waals surface area contributed by atoms with E-state index >= 15 is 0 Å². The summed E-state index contributed by atoms with van der Waals surface area (Å²) in [5.74, 6) is -0.713. The quantitative estimate of drug-likeness (QED) is 0.791. The summed E-state index contributed by atoms with van der Waals surface area (Å²) < 4.78 is 51.1. The van der Waals surface area contributed by atoms with Gasteiger partial charge in [-0.2, -0.15) is 0 Å². The van der Waals surface area contributed by atoms with E-state index < -0.39 is 26.8 Å². The minimum atomic E-state index is -4.09. The third kappa shape index (κ3) is 4.02. The minimum Gasteiger partial charge on any atom is -0.493 e. The Hall–Kier alpha value is -2.16. The molecule has 0 spiro atoms. The Balaban J connectivity index is 2.21. The van der Waals surface area contributed by atoms with Crippen LogP contribution in [0, 0.1) is 5.82 Å². The molecule has 3 N–H and O–H groups in total. The normalized spacial score (nSPS) is 12.7. The second kappa shape index (κ2) is 7.61. The van der Waals surface area contributed by atoms with Crippen LogP contribution in [0.5, 0.6) is 11.5 Å². The van der Waals surface area contributed by atoms with Crippen molar-refractivity contribution >= 4 is 10.0 Å². The minimum absolute atomic E-state index is 0.0693. The van der Waals surface area contributed by atoms with Crippen molar-refractivity contribution in [3.8, 4) is 11.5 Å². The standard InChI is InChI=1S/C16H19FN2O4S/c1-22-14-8-12(17)16(9-15(14)23-2)24(20,21)19-10-13(18)11-6-4-3-5-7-11/h3-9,13,19H,10,18H2,1-2H3. The van der Waals surface area contributed by atoms with Crippen molar-refractivity contribution in [2.45, 2.75) is 10.9 Å². The van der Waals surface area contributed by atoms with E-state index in [0.29, 0.717) is 0 Å². The van der Waals surface area contributed by atoms with Gasteiger partial charge in [-0.1, -0.05) is 30.3 Å². The van der Waals surface area contributed by atoms with Gasteiger partial charge >= 0.3 is 0 Å². The van der Waals surface area contributed by atoms with E-state index in [9.17, 15) is 12.8 Å². The topological polar surface area (TPSA) is 90.7 Å². The lowest BCUT2D eigenvalue weighted by atomic mass is 10.1. The number of hydrogen-bond donors (Lipinski definition) is 2. The van der Waals surface area contributed by atoms with Gasteiger partial charge in [0.15, 0.2) is 11.5 Å². The van der Waals surface area contributed by atoms with Gasteiger partial charge in [0, 0.05) is 24.7 Å². The molecule has 0 aliphatic carbocycles. The van der Waals surface area contributed by atoms with E-state index in [-0.39, 0.29) is 18.0 Å². The van der Waals surface area contributed by atoms with Gasteiger partial charge in [0.2, 0.25) is 10.0 Å². The van der Waals surface area contributed by atoms with Crippen molar-refractivity contribution in [3.05, 3.63) is 53.8 Å². The fraction of sp³-hybridized carbons (Fsp3) is 0.250. The van der Waals surface area contributed by atoms with Crippen LogP contribution < -0.4 is 19.9 Å². The first kappa shape index (κ1) is 18.2. The highest BCUT2D eigenvalue weighted by Crippen LogP contribution is 2.31. The Kier molecular flexibility index (Phi) is 5.76. The molecule has 0 amide bonds. The number of nitrogens with one attached hydrogen (secondary N) is 1. The van der Waals surface area contributed by atoms with Crippen LogP contribution in [-0.4, -0.2) is 29.2 Å². The summed E-state index contributed by atoms with van der Waals surface area (Å²) in [5, 5.41) is 0. The fourth-order valence-corrected chi connectivity index (χ4v) is 3.27. The van der Waals surface area contributed by atoms with Crippen molar-refractivity contribution in [3.63, 3.8) is 0 Å². The predicted octanol–water partition coefficient (Wildman–Crippen LogP) is 1.82. The Morgan fingerprint density at radius 2 is 1.71 bits per heavy atom. The van der Waals surface area contributed by atoms with Crippen molar-refractivity contribution in [1.29, 1.82) is 0 Å². The summed E-state index contributed by atoms with van der Waals surface area (Å²) >= 11 is 0. The number of rotatable bonds is 7. The second-order valence-electron chi connectivity index (χ2n) is 5.01. The largest absolute Gasteiger partial charge is 0.493 e. The molecule has 6 nitrogen and oxygen atoms in total. The molecule has 0 aliphatic rings. The number of halogens is 1. The summed E-state index contributed by atoms with van der Waals surface area (Å²) in [7, 11) is -1.42. The lowest BCUT2D eigenvalue weighted by Gasteiger charge is -2.15. The molecule has 0 aliphatic heterocycles. The molecule has 1 unspecified atom stereocenters. The third-order valence-electron chi connectivity index (χ3n) is 3.45. The van der Waals surface area contributed by atoms with E-state index in [4.69, 9.17) is 15.2 Å². The number of sulfonamides is 1. The van der Waals surface area contributed by atoms with Crippen LogP contribution in [-0.2, 0) is 10.0 Å². The van der Waals surface area contributed by atoms with Gasteiger partial charge in [-0.05, 0) is 5.56 Å². The highest BCUT2D eigenvalue weighted by Gasteiger charge is 2.23. The first-order chi connectivity index (χ1) is 11.4. The monoisotopic (exact) mass is 354 g/mol. The van der Waals surface area contributed by atoms with Crippen LogP contribution in [0.3, 0.4) is 0 Å². The molecule has 2 aromatic rings. The lowest BCUT2D eigenvalue weighted by molar-refractivity contribution is 0.350. The van der Waals surface area contributed by atoms with Crippen LogP contribution in [0.15, 0.2) is 47.4 Å². The first-order valence-corrected chi connectivity index (χ1v) is 8.59. The maximum Gasteiger partial charge on any atom is 0.243 e. The summed E-state index contributed by atoms with van der Waals surface area (Å²) in [6, 6.07) is 10.5. The van der Waals surface area contributed by atoms with Crippen LogP contribution >= 0.6 is 0 Å². The Labute approximate surface area is 140 Å². The molecule has 2 aromatic carbocycles. The molecule has 2 rings (SSSR count). The maximum absolute atomic E-state index is 14.1. The van der Waals surface area contributed by atoms with Crippen LogP contribution in [0.25, 0.3) is 0 Å². The van der Waals surface area contributed by atoms with Gasteiger partial charge in [-0.15, -0.1) is 0 Å². The molecular formula is C16H19FN2O4S. The molecule has 0 radical (unpaired) electrons. The van der Waals surface area contributed by atoms with E-state index in [2.05, 4.69) is 4.72 Å². The number of hydrogen-bond acceptors (Lipinski definition) is 5. The molecule has 0 saturated carbocycles. The predicted molar refractivity (Wildman–Crippen MR) is 88.1 cm³/mol. The van der Waals surface area contributed by atoms with E-state index in [1.807, 2.05) is 6.07 Å². The van der Waals surface area contributed by atoms with E-state index in [1.54, 1.807) is 24.3 Å². The van der Waals surface area contributed by atoms with Crippen LogP contribution in [0.2, 0.25) is 0 Å². The van der Waals surface area contributed by atoms with Gasteiger partial charge in [0.1, 0.15) is 10.7 Å². The number of nitrogens with two attached hydrogens (primary N) is 1. The Morgan fingerprint density at radius 3 is 2.29 bits per heavy atom. The lowest BCUT2D eigenvalue weighted by Crippen LogP contribution is -2.32. The number of ether oxygens (including phenoxy) is 2. The summed E-state index contributed by atoms with van der Waals surface area (Å²) in [4.78, 5) is -0.527. The van der Waals surface area contributed by atoms with Gasteiger partial charge in [-0.3, -0.25) is 0 Å². The third-order valence-corrected chi connectivity index (χ3v) is 4.89. The molecule has 1 atom stereocenters. The average molecular weight is 354 g/mol. The summed E-state index contributed by atoms with van der Waals surface area (Å²) in [5.41, 5.74) is 6.73. The highest BCUT2D eigenvalue weighted by atomic mass is 32.2. The summed E-state index contributed by atoms with van der Waals surface area (Å²) in [6.07, 6.45) is 0. The smallest absolute Gasteiger partial charge is 0.243 e. The molecule has 0 bridgehead atoms. The zero-order valence-corrected chi connectivity index (χ0v) is 14.1. The zero-order chi connectivity index (χ0) is 17.7. The fourth-order valence-electron chi connectivity index (χ4n) is 2.14.